The Hall–Kier alpha value is -7.89. The van der Waals surface area contributed by atoms with Gasteiger partial charge >= 0.3 is 22.8 Å². The number of carbonyl (C=O) groups excluding carboxylic acids is 1. The van der Waals surface area contributed by atoms with Crippen molar-refractivity contribution in [2.45, 2.75) is 156 Å². The number of hydrogen-bond acceptors (Lipinski definition) is 17. The van der Waals surface area contributed by atoms with Gasteiger partial charge in [-0.2, -0.15) is 0 Å². The summed E-state index contributed by atoms with van der Waals surface area (Å²) in [7, 11) is 0. The smallest absolute Gasteiger partial charge is 0.332 e. The van der Waals surface area contributed by atoms with Crippen molar-refractivity contribution in [3.63, 3.8) is 0 Å². The lowest BCUT2D eigenvalue weighted by Crippen LogP contribution is -2.39. The Morgan fingerprint density at radius 3 is 0.916 bits per heavy atom. The fraction of sp³-hybridized carbons (Fsp3) is 0.611. The Balaban J connectivity index is 0.000000339. The van der Waals surface area contributed by atoms with Gasteiger partial charge in [-0.05, 0) is 105 Å². The van der Waals surface area contributed by atoms with E-state index in [-0.39, 0.29) is 68.6 Å². The molecule has 83 heavy (non-hydrogen) atoms. The molecule has 29 nitrogen and oxygen atoms in total. The van der Waals surface area contributed by atoms with E-state index in [1.807, 2.05) is 0 Å². The van der Waals surface area contributed by atoms with E-state index in [9.17, 15) is 58.5 Å². The lowest BCUT2D eigenvalue weighted by atomic mass is 10.2. The highest BCUT2D eigenvalue weighted by molar-refractivity contribution is 5.75. The fourth-order valence-electron chi connectivity index (χ4n) is 7.10. The van der Waals surface area contributed by atoms with Crippen molar-refractivity contribution < 1.29 is 78.7 Å². The highest BCUT2D eigenvalue weighted by Gasteiger charge is 2.18. The zero-order valence-corrected chi connectivity index (χ0v) is 44.8. The van der Waals surface area contributed by atoms with Crippen LogP contribution >= 0.6 is 0 Å². The first-order chi connectivity index (χ1) is 54.8. The summed E-state index contributed by atoms with van der Waals surface area (Å²) in [6.45, 7) is -20.7. The molecule has 0 aliphatic carbocycles. The zero-order chi connectivity index (χ0) is 96.3. The number of imidazole rings is 4. The first kappa shape index (κ1) is 29.6. The molecule has 4 N–H and O–H groups in total. The second kappa shape index (κ2) is 31.0. The first-order valence-corrected chi connectivity index (χ1v) is 24.1. The number of aliphatic hydroxyl groups excluding tert-OH is 1. The third kappa shape index (κ3) is 16.7. The first-order valence-electron chi connectivity index (χ1n) is 44.0. The third-order valence-corrected chi connectivity index (χ3v) is 10.8. The third-order valence-electron chi connectivity index (χ3n) is 10.8. The van der Waals surface area contributed by atoms with Crippen LogP contribution in [0.4, 0.5) is 0 Å². The monoisotopic (exact) mass is 1200 g/mol. The molecule has 8 rings (SSSR count). The van der Waals surface area contributed by atoms with Crippen LogP contribution in [0.2, 0.25) is 0 Å². The lowest BCUT2D eigenvalue weighted by molar-refractivity contribution is -0.117. The molecule has 8 aromatic heterocycles. The molecule has 29 heteroatoms. The van der Waals surface area contributed by atoms with Crippen molar-refractivity contribution in [2.24, 2.45) is 55.8 Å². The number of carbonyl (C=O) groups is 1. The molecule has 0 saturated heterocycles. The topological polar surface area (TPSA) is 345 Å². The van der Waals surface area contributed by atoms with Gasteiger partial charge in [0, 0.05) is 139 Å². The zero-order valence-electron chi connectivity index (χ0n) is 84.8. The Kier molecular flexibility index (Phi) is 11.0. The van der Waals surface area contributed by atoms with Crippen molar-refractivity contribution >= 4 is 50.4 Å². The number of aromatic nitrogens is 16. The van der Waals surface area contributed by atoms with Gasteiger partial charge in [-0.25, -0.2) is 39.1 Å². The van der Waals surface area contributed by atoms with Crippen LogP contribution in [-0.2, 0) is 86.8 Å². The quantitative estimate of drug-likeness (QED) is 0.0744. The number of aliphatic hydroxyl groups is 4. The summed E-state index contributed by atoms with van der Waals surface area (Å²) in [5.74, 6) is -0.750. The molecular formula is C54H84N16O13. The van der Waals surface area contributed by atoms with Gasteiger partial charge in [-0.15, -0.1) is 0 Å². The maximum Gasteiger partial charge on any atom is 0.332 e. The van der Waals surface area contributed by atoms with E-state index in [0.29, 0.717) is 24.9 Å². The second-order valence-electron chi connectivity index (χ2n) is 16.9. The molecule has 8 heterocycles. The molecule has 0 fully saturated rings. The number of hydrogen-bond donors (Lipinski definition) is 4. The maximum atomic E-state index is 12.9. The molecule has 8 aromatic rings. The molecule has 0 aliphatic heterocycles. The molecule has 0 spiro atoms. The summed E-state index contributed by atoms with van der Waals surface area (Å²) in [4.78, 5) is 127. The van der Waals surface area contributed by atoms with Gasteiger partial charge in [0.25, 0.3) is 22.2 Å². The van der Waals surface area contributed by atoms with E-state index in [2.05, 4.69) is 25.0 Å². The van der Waals surface area contributed by atoms with Crippen LogP contribution in [0.3, 0.4) is 0 Å². The number of rotatable bonds is 21. The van der Waals surface area contributed by atoms with Crippen molar-refractivity contribution in [2.75, 3.05) is 6.61 Å². The van der Waals surface area contributed by atoms with Gasteiger partial charge in [0.05, 0.1) is 47.6 Å². The fourth-order valence-corrected chi connectivity index (χ4v) is 7.10. The average molecular weight is 1210 g/mol. The summed E-state index contributed by atoms with van der Waals surface area (Å²) in [5.41, 5.74) is -16.2. The van der Waals surface area contributed by atoms with Gasteiger partial charge in [-0.3, -0.25) is 55.7 Å². The highest BCUT2D eigenvalue weighted by atomic mass is 16.3. The van der Waals surface area contributed by atoms with Crippen molar-refractivity contribution in [1.82, 2.24) is 74.7 Å². The van der Waals surface area contributed by atoms with Crippen LogP contribution in [0.25, 0.3) is 44.7 Å². The minimum atomic E-state index is -3.15. The van der Waals surface area contributed by atoms with E-state index in [0.717, 1.165) is 27.7 Å². The molecule has 0 aliphatic rings. The van der Waals surface area contributed by atoms with Crippen LogP contribution in [0.15, 0.2) is 63.6 Å². The van der Waals surface area contributed by atoms with E-state index in [4.69, 9.17) is 54.9 Å². The Bertz CT molecular complexity index is 5300. The van der Waals surface area contributed by atoms with E-state index < -0.39 is 266 Å². The van der Waals surface area contributed by atoms with E-state index >= 15 is 0 Å². The molecule has 1 unspecified atom stereocenters. The van der Waals surface area contributed by atoms with Gasteiger partial charge < -0.3 is 43.5 Å². The van der Waals surface area contributed by atoms with Crippen LogP contribution in [0.1, 0.15) is 165 Å². The molecule has 0 bridgehead atoms. The normalized spacial score (nSPS) is 22.4. The van der Waals surface area contributed by atoms with Gasteiger partial charge in [0.2, 0.25) is 1.43 Å². The summed E-state index contributed by atoms with van der Waals surface area (Å²) >= 11 is 0. The minimum Gasteiger partial charge on any atom is -0.397 e. The summed E-state index contributed by atoms with van der Waals surface area (Å²) in [6.07, 6.45) is -23.1. The standard InChI is InChI=1S/3C13H20N4O3.C13H18N4O3.C2H6O/c4*1-9(18)6-4-5-7-17-12(19)10-11(14-8-15(10)2)16(3)13(17)20;1-2-3/h3*8-9,18H,4-7H2,1-3H3;8H,4-7H2,1-3H3;3H,2H2,1H3/t2*9-;;;/m10.../s1/i3*2D3,3D3,6D2,8D,9D;2D3,3D3,6D2,8D;3D. The highest BCUT2D eigenvalue weighted by Crippen LogP contribution is 2.09. The predicted molar refractivity (Wildman–Crippen MR) is 315 cm³/mol. The number of aryl methyl sites for hydroxylation is 8. The van der Waals surface area contributed by atoms with E-state index in [1.54, 1.807) is 6.92 Å². The SMILES string of the molecule is [2H]OCC.[2H]c1nc2c(c(=O)n(CCCC([2H])([2H])C(C)=O)c(=O)n2C([2H])([2H])[2H])n1C([2H])([2H])[2H].[2H]c1nc2c(c(=O)n(CCCC([2H])([2H])C([2H])(C)O)c(=O)n2C([2H])([2H])[2H])n1C([2H])([2H])[2H].[2H]c1nc2c(c(=O)n(CCCC([2H])([2H])[C@@]([2H])(C)O)c(=O)n2C([2H])([2H])[2H])n1C([2H])([2H])[2H].[2H]c1nc2c(c(=O)n(CCCC([2H])([2H])[C@]([2H])(C)O)c(=O)n2C([2H])([2H])[2H])n1C([2H])([2H])[2H]. The molecule has 0 radical (unpaired) electrons. The molecular weight excluding hydrogens is 1080 g/mol. The van der Waals surface area contributed by atoms with Crippen LogP contribution in [0, 0.1) is 0 Å². The molecule has 0 saturated carbocycles. The van der Waals surface area contributed by atoms with Gasteiger partial charge in [-0.1, -0.05) is 0 Å². The van der Waals surface area contributed by atoms with Gasteiger partial charge in [0.15, 0.2) is 44.7 Å². The maximum absolute atomic E-state index is 12.9. The minimum absolute atomic E-state index is 0.138. The Morgan fingerprint density at radius 2 is 0.723 bits per heavy atom. The van der Waals surface area contributed by atoms with E-state index in [1.165, 1.54) is 0 Å². The lowest BCUT2D eigenvalue weighted by Gasteiger charge is -2.09. The molecule has 0 aromatic carbocycles. The summed E-state index contributed by atoms with van der Waals surface area (Å²) in [6, 6.07) is 0. The number of nitrogens with zero attached hydrogens (tertiary/aromatic N) is 16. The largest absolute Gasteiger partial charge is 0.397 e. The summed E-state index contributed by atoms with van der Waals surface area (Å²) in [5, 5.41) is 32.5. The predicted octanol–water partition coefficient (Wildman–Crippen LogP) is 0.146. The summed E-state index contributed by atoms with van der Waals surface area (Å²) < 4.78 is 305. The Labute approximate surface area is 533 Å². The van der Waals surface area contributed by atoms with Crippen molar-refractivity contribution in [3.05, 3.63) is 109 Å². The number of fused-ring (bicyclic) bond motifs is 4. The number of ketones is 1. The van der Waals surface area contributed by atoms with Crippen molar-refractivity contribution in [3.8, 4) is 0 Å². The number of Topliss-reactive ketones (excluding diaryl/α,β-unsaturated/α-hetero) is 1. The Morgan fingerprint density at radius 1 is 0.482 bits per heavy atom. The van der Waals surface area contributed by atoms with Crippen molar-refractivity contribution in [1.29, 1.82) is 1.43 Å². The van der Waals surface area contributed by atoms with Crippen LogP contribution in [0.5, 0.6) is 0 Å². The second-order valence-corrected chi connectivity index (χ2v) is 16.9. The molecule has 3 atom stereocenters. The van der Waals surface area contributed by atoms with Crippen LogP contribution < -0.4 is 45.0 Å². The van der Waals surface area contributed by atoms with Crippen LogP contribution in [-0.4, -0.2) is 127 Å². The van der Waals surface area contributed by atoms with Gasteiger partial charge in [0.1, 0.15) is 11.3 Å². The molecule has 0 amide bonds. The average Bonchev–Trinajstić information content (AvgIpc) is 1.61. The molecule has 458 valence electrons.